The predicted octanol–water partition coefficient (Wildman–Crippen LogP) is 2.94. The zero-order chi connectivity index (χ0) is 14.8. The summed E-state index contributed by atoms with van der Waals surface area (Å²) in [5.74, 6) is 0.264. The van der Waals surface area contributed by atoms with E-state index in [-0.39, 0.29) is 17.4 Å². The molecular weight excluding hydrogens is 288 g/mol. The third kappa shape index (κ3) is 2.45. The lowest BCUT2D eigenvalue weighted by molar-refractivity contribution is 0.103. The molecule has 6 heteroatoms. The monoisotopic (exact) mass is 300 g/mol. The van der Waals surface area contributed by atoms with Crippen molar-refractivity contribution in [1.29, 1.82) is 0 Å². The summed E-state index contributed by atoms with van der Waals surface area (Å²) in [7, 11) is 2.93. The van der Waals surface area contributed by atoms with Crippen molar-refractivity contribution < 1.29 is 14.3 Å². The number of carbonyl (C=O) groups excluding carboxylic acids is 1. The van der Waals surface area contributed by atoms with Gasteiger partial charge in [-0.3, -0.25) is 4.79 Å². The number of nitrogens with zero attached hydrogens (tertiary/aromatic N) is 2. The van der Waals surface area contributed by atoms with Gasteiger partial charge in [0.1, 0.15) is 0 Å². The highest BCUT2D eigenvalue weighted by atomic mass is 32.1. The maximum atomic E-state index is 12.6. The number of rotatable bonds is 4. The Kier molecular flexibility index (Phi) is 3.53. The molecule has 0 aliphatic carbocycles. The molecule has 0 radical (unpaired) electrons. The maximum Gasteiger partial charge on any atom is 0.247 e. The van der Waals surface area contributed by atoms with E-state index in [2.05, 4.69) is 9.97 Å². The van der Waals surface area contributed by atoms with E-state index in [0.29, 0.717) is 10.8 Å². The number of hydrogen-bond acceptors (Lipinski definition) is 6. The number of carbonyl (C=O) groups is 1. The smallest absolute Gasteiger partial charge is 0.247 e. The molecule has 3 aromatic rings. The van der Waals surface area contributed by atoms with E-state index in [1.54, 1.807) is 0 Å². The van der Waals surface area contributed by atoms with Crippen molar-refractivity contribution in [3.63, 3.8) is 0 Å². The van der Waals surface area contributed by atoms with Crippen LogP contribution in [-0.4, -0.2) is 30.0 Å². The molecular formula is C15H12N2O3S. The van der Waals surface area contributed by atoms with Gasteiger partial charge in [0, 0.05) is 4.70 Å². The third-order valence-corrected chi connectivity index (χ3v) is 4.10. The summed E-state index contributed by atoms with van der Waals surface area (Å²) in [5, 5.41) is 1.03. The van der Waals surface area contributed by atoms with Gasteiger partial charge in [-0.15, -0.1) is 11.3 Å². The summed E-state index contributed by atoms with van der Waals surface area (Å²) in [5.41, 5.74) is 0.185. The molecule has 0 aliphatic heterocycles. The Labute approximate surface area is 125 Å². The first-order valence-corrected chi connectivity index (χ1v) is 7.03. The quantitative estimate of drug-likeness (QED) is 0.693. The van der Waals surface area contributed by atoms with Crippen molar-refractivity contribution in [2.45, 2.75) is 0 Å². The molecule has 0 N–H and O–H groups in total. The van der Waals surface area contributed by atoms with Gasteiger partial charge in [-0.2, -0.15) is 4.98 Å². The highest BCUT2D eigenvalue weighted by molar-refractivity contribution is 7.21. The molecule has 0 fully saturated rings. The van der Waals surface area contributed by atoms with Crippen molar-refractivity contribution in [2.75, 3.05) is 14.2 Å². The molecule has 106 valence electrons. The Hall–Kier alpha value is -2.47. The molecule has 0 bridgehead atoms. The van der Waals surface area contributed by atoms with Crippen LogP contribution in [-0.2, 0) is 0 Å². The molecule has 2 aromatic heterocycles. The van der Waals surface area contributed by atoms with E-state index in [0.717, 1.165) is 10.1 Å². The Bertz CT molecular complexity index is 781. The zero-order valence-electron chi connectivity index (χ0n) is 11.5. The molecule has 5 nitrogen and oxygen atoms in total. The molecule has 0 saturated heterocycles. The average Bonchev–Trinajstić information content (AvgIpc) is 2.97. The minimum absolute atomic E-state index is 0.164. The number of ether oxygens (including phenoxy) is 2. The lowest BCUT2D eigenvalue weighted by atomic mass is 10.2. The number of methoxy groups -OCH3 is 2. The van der Waals surface area contributed by atoms with Gasteiger partial charge in [0.25, 0.3) is 0 Å². The lowest BCUT2D eigenvalue weighted by Crippen LogP contribution is -2.07. The normalized spacial score (nSPS) is 10.6. The first kappa shape index (κ1) is 13.5. The van der Waals surface area contributed by atoms with Crippen LogP contribution in [0.4, 0.5) is 0 Å². The van der Waals surface area contributed by atoms with Crippen LogP contribution in [0.25, 0.3) is 10.1 Å². The second-order valence-corrected chi connectivity index (χ2v) is 5.33. The van der Waals surface area contributed by atoms with Crippen molar-refractivity contribution in [3.8, 4) is 11.8 Å². The van der Waals surface area contributed by atoms with E-state index in [1.807, 2.05) is 30.3 Å². The van der Waals surface area contributed by atoms with Gasteiger partial charge in [0.15, 0.2) is 5.69 Å². The van der Waals surface area contributed by atoms with E-state index in [4.69, 9.17) is 9.47 Å². The summed E-state index contributed by atoms with van der Waals surface area (Å²) >= 11 is 1.43. The molecule has 0 saturated carbocycles. The van der Waals surface area contributed by atoms with Gasteiger partial charge < -0.3 is 9.47 Å². The van der Waals surface area contributed by atoms with Crippen LogP contribution in [0.15, 0.2) is 36.5 Å². The minimum atomic E-state index is -0.205. The maximum absolute atomic E-state index is 12.6. The van der Waals surface area contributed by atoms with E-state index >= 15 is 0 Å². The van der Waals surface area contributed by atoms with Gasteiger partial charge >= 0.3 is 0 Å². The molecule has 1 aromatic carbocycles. The van der Waals surface area contributed by atoms with Crippen LogP contribution in [0.1, 0.15) is 15.4 Å². The van der Waals surface area contributed by atoms with E-state index < -0.39 is 0 Å². The number of fused-ring (bicyclic) bond motifs is 1. The summed E-state index contributed by atoms with van der Waals surface area (Å²) in [6, 6.07) is 9.69. The van der Waals surface area contributed by atoms with Crippen LogP contribution >= 0.6 is 11.3 Å². The summed E-state index contributed by atoms with van der Waals surface area (Å²) in [4.78, 5) is 21.4. The fourth-order valence-electron chi connectivity index (χ4n) is 1.96. The summed E-state index contributed by atoms with van der Waals surface area (Å²) < 4.78 is 11.2. The Morgan fingerprint density at radius 3 is 2.71 bits per heavy atom. The molecule has 0 amide bonds. The van der Waals surface area contributed by atoms with Crippen molar-refractivity contribution >= 4 is 27.2 Å². The molecule has 0 unspecified atom stereocenters. The predicted molar refractivity (Wildman–Crippen MR) is 80.4 cm³/mol. The van der Waals surface area contributed by atoms with Gasteiger partial charge in [0.2, 0.25) is 17.5 Å². The topological polar surface area (TPSA) is 61.3 Å². The minimum Gasteiger partial charge on any atom is -0.480 e. The van der Waals surface area contributed by atoms with Crippen molar-refractivity contribution in [1.82, 2.24) is 9.97 Å². The van der Waals surface area contributed by atoms with Gasteiger partial charge in [-0.05, 0) is 17.5 Å². The number of ketones is 1. The molecule has 2 heterocycles. The van der Waals surface area contributed by atoms with Crippen LogP contribution in [0.5, 0.6) is 11.8 Å². The highest BCUT2D eigenvalue weighted by Gasteiger charge is 2.20. The number of thiophene rings is 1. The van der Waals surface area contributed by atoms with Crippen molar-refractivity contribution in [3.05, 3.63) is 47.1 Å². The average molecular weight is 300 g/mol. The molecule has 0 aliphatic rings. The van der Waals surface area contributed by atoms with Crippen LogP contribution < -0.4 is 9.47 Å². The van der Waals surface area contributed by atoms with E-state index in [1.165, 1.54) is 31.8 Å². The number of benzene rings is 1. The molecule has 21 heavy (non-hydrogen) atoms. The van der Waals surface area contributed by atoms with Gasteiger partial charge in [-0.1, -0.05) is 18.2 Å². The van der Waals surface area contributed by atoms with Gasteiger partial charge in [-0.25, -0.2) is 4.98 Å². The van der Waals surface area contributed by atoms with Crippen LogP contribution in [0.3, 0.4) is 0 Å². The summed E-state index contributed by atoms with van der Waals surface area (Å²) in [6.45, 7) is 0. The Morgan fingerprint density at radius 1 is 1.19 bits per heavy atom. The highest BCUT2D eigenvalue weighted by Crippen LogP contribution is 2.28. The Balaban J connectivity index is 2.05. The van der Waals surface area contributed by atoms with Crippen LogP contribution in [0, 0.1) is 0 Å². The van der Waals surface area contributed by atoms with Crippen LogP contribution in [0.2, 0.25) is 0 Å². The fourth-order valence-corrected chi connectivity index (χ4v) is 2.97. The lowest BCUT2D eigenvalue weighted by Gasteiger charge is -2.06. The van der Waals surface area contributed by atoms with Gasteiger partial charge in [0.05, 0.1) is 25.3 Å². The standard InChI is InChI=1S/C15H12N2O3S/c1-19-12-8-16-13(15(17-12)20-2)14(18)11-7-9-5-3-4-6-10(9)21-11/h3-8H,1-2H3. The first-order chi connectivity index (χ1) is 10.2. The zero-order valence-corrected chi connectivity index (χ0v) is 12.3. The molecule has 3 rings (SSSR count). The fraction of sp³-hybridized carbons (Fsp3) is 0.133. The van der Waals surface area contributed by atoms with Crippen molar-refractivity contribution in [2.24, 2.45) is 0 Å². The molecule has 0 spiro atoms. The second-order valence-electron chi connectivity index (χ2n) is 4.25. The van der Waals surface area contributed by atoms with E-state index in [9.17, 15) is 4.79 Å². The third-order valence-electron chi connectivity index (χ3n) is 2.99. The largest absolute Gasteiger partial charge is 0.480 e. The summed E-state index contributed by atoms with van der Waals surface area (Å²) in [6.07, 6.45) is 1.41. The SMILES string of the molecule is COc1cnc(C(=O)c2cc3ccccc3s2)c(OC)n1. The number of aromatic nitrogens is 2. The Morgan fingerprint density at radius 2 is 2.00 bits per heavy atom. The molecule has 0 atom stereocenters. The number of hydrogen-bond donors (Lipinski definition) is 0. The second kappa shape index (κ2) is 5.49. The first-order valence-electron chi connectivity index (χ1n) is 6.21.